The first-order chi connectivity index (χ1) is 6.40. The first-order valence-electron chi connectivity index (χ1n) is 5.05. The molecule has 1 atom stereocenters. The summed E-state index contributed by atoms with van der Waals surface area (Å²) < 4.78 is 7.43. The lowest BCUT2D eigenvalue weighted by molar-refractivity contribution is -0.159. The predicted molar refractivity (Wildman–Crippen MR) is 64.2 cm³/mol. The van der Waals surface area contributed by atoms with E-state index in [9.17, 15) is 4.79 Å². The van der Waals surface area contributed by atoms with E-state index in [-0.39, 0.29) is 17.6 Å². The number of nitrogens with zero attached hydrogens (tertiary/aromatic N) is 1. The van der Waals surface area contributed by atoms with E-state index in [1.165, 1.54) is 6.42 Å². The number of halogens is 1. The fourth-order valence-corrected chi connectivity index (χ4v) is 2.35. The molecule has 3 nitrogen and oxygen atoms in total. The zero-order valence-corrected chi connectivity index (χ0v) is 11.2. The molecule has 1 rings (SSSR count). The fourth-order valence-electron chi connectivity index (χ4n) is 1.50. The number of carbonyl (C=O) groups excluding carboxylic acids is 1. The zero-order valence-electron chi connectivity index (χ0n) is 9.05. The van der Waals surface area contributed by atoms with Crippen LogP contribution in [0.25, 0.3) is 0 Å². The van der Waals surface area contributed by atoms with Crippen LogP contribution in [0.2, 0.25) is 0 Å². The van der Waals surface area contributed by atoms with Crippen molar-refractivity contribution in [1.29, 1.82) is 0 Å². The molecule has 1 saturated heterocycles. The van der Waals surface area contributed by atoms with Crippen molar-refractivity contribution < 1.29 is 9.53 Å². The van der Waals surface area contributed by atoms with Gasteiger partial charge in [-0.15, -0.1) is 0 Å². The van der Waals surface area contributed by atoms with Gasteiger partial charge < -0.3 is 4.74 Å². The number of carbonyl (C=O) groups is 1. The Kier molecular flexibility index (Phi) is 4.18. The van der Waals surface area contributed by atoms with Gasteiger partial charge in [0.2, 0.25) is 0 Å². The highest BCUT2D eigenvalue weighted by Gasteiger charge is 2.30. The molecule has 82 valence electrons. The predicted octanol–water partition coefficient (Wildman–Crippen LogP) is 2.53. The van der Waals surface area contributed by atoms with Crippen LogP contribution in [0.15, 0.2) is 0 Å². The Hall–Kier alpha value is 0.160. The first-order valence-corrected chi connectivity index (χ1v) is 6.02. The highest BCUT2D eigenvalue weighted by Crippen LogP contribution is 2.23. The molecule has 0 radical (unpaired) electrons. The summed E-state index contributed by atoms with van der Waals surface area (Å²) in [5.74, 6) is -0.0772. The summed E-state index contributed by atoms with van der Waals surface area (Å²) in [6.07, 6.45) is 3.24. The van der Waals surface area contributed by atoms with Gasteiger partial charge >= 0.3 is 5.97 Å². The second-order valence-corrected chi connectivity index (χ2v) is 5.91. The van der Waals surface area contributed by atoms with Crippen LogP contribution in [0.3, 0.4) is 0 Å². The molecule has 0 spiro atoms. The third kappa shape index (κ3) is 3.73. The maximum absolute atomic E-state index is 11.8. The number of rotatable bonds is 1. The van der Waals surface area contributed by atoms with Crippen LogP contribution in [-0.4, -0.2) is 27.3 Å². The first kappa shape index (κ1) is 12.2. The van der Waals surface area contributed by atoms with Gasteiger partial charge in [-0.2, -0.15) is 0 Å². The quantitative estimate of drug-likeness (QED) is 0.423. The molecule has 0 bridgehead atoms. The summed E-state index contributed by atoms with van der Waals surface area (Å²) in [5.41, 5.74) is -0.369. The third-order valence-corrected chi connectivity index (χ3v) is 3.27. The van der Waals surface area contributed by atoms with Gasteiger partial charge in [-0.05, 0) is 40.0 Å². The molecule has 1 unspecified atom stereocenters. The van der Waals surface area contributed by atoms with Gasteiger partial charge in [0.05, 0.1) is 0 Å². The zero-order chi connectivity index (χ0) is 10.8. The van der Waals surface area contributed by atoms with Crippen LogP contribution in [0, 0.1) is 0 Å². The average Bonchev–Trinajstić information content (AvgIpc) is 2.01. The Labute approximate surface area is 99.7 Å². The van der Waals surface area contributed by atoms with Crippen molar-refractivity contribution in [2.24, 2.45) is 0 Å². The highest BCUT2D eigenvalue weighted by atomic mass is 127. The molecule has 0 aromatic heterocycles. The molecular formula is C10H18INO2. The Balaban J connectivity index is 2.50. The fraction of sp³-hybridized carbons (Fsp3) is 0.900. The van der Waals surface area contributed by atoms with Crippen molar-refractivity contribution in [1.82, 2.24) is 3.11 Å². The van der Waals surface area contributed by atoms with Gasteiger partial charge in [-0.1, -0.05) is 0 Å². The standard InChI is InChI=1S/C10H18INO2/c1-10(2,3)14-9(13)8-6-4-5-7-12(8)11/h8H,4-7H2,1-3H3. The normalized spacial score (nSPS) is 24.7. The summed E-state index contributed by atoms with van der Waals surface area (Å²) in [4.78, 5) is 11.8. The molecule has 0 aliphatic carbocycles. The van der Waals surface area contributed by atoms with Crippen molar-refractivity contribution in [3.05, 3.63) is 0 Å². The monoisotopic (exact) mass is 311 g/mol. The summed E-state index contributed by atoms with van der Waals surface area (Å²) >= 11 is 2.22. The van der Waals surface area contributed by atoms with Crippen molar-refractivity contribution in [2.75, 3.05) is 6.54 Å². The smallest absolute Gasteiger partial charge is 0.324 e. The van der Waals surface area contributed by atoms with Crippen LogP contribution in [0.1, 0.15) is 40.0 Å². The van der Waals surface area contributed by atoms with E-state index in [0.29, 0.717) is 0 Å². The maximum atomic E-state index is 11.8. The van der Waals surface area contributed by atoms with Crippen molar-refractivity contribution in [3.8, 4) is 0 Å². The average molecular weight is 311 g/mol. The van der Waals surface area contributed by atoms with E-state index in [1.807, 2.05) is 20.8 Å². The summed E-state index contributed by atoms with van der Waals surface area (Å²) in [7, 11) is 0. The molecule has 0 amide bonds. The van der Waals surface area contributed by atoms with Crippen LogP contribution in [-0.2, 0) is 9.53 Å². The lowest BCUT2D eigenvalue weighted by atomic mass is 10.0. The second kappa shape index (κ2) is 4.79. The molecule has 1 fully saturated rings. The van der Waals surface area contributed by atoms with E-state index in [2.05, 4.69) is 26.0 Å². The number of ether oxygens (including phenoxy) is 1. The summed E-state index contributed by atoms with van der Waals surface area (Å²) in [6.45, 7) is 6.71. The Morgan fingerprint density at radius 3 is 2.57 bits per heavy atom. The van der Waals surface area contributed by atoms with Gasteiger partial charge in [0, 0.05) is 29.4 Å². The molecule has 1 aliphatic rings. The van der Waals surface area contributed by atoms with E-state index < -0.39 is 0 Å². The summed E-state index contributed by atoms with van der Waals surface area (Å²) in [5, 5.41) is 0. The number of piperidine rings is 1. The number of hydrogen-bond donors (Lipinski definition) is 0. The molecule has 0 saturated carbocycles. The van der Waals surface area contributed by atoms with E-state index in [4.69, 9.17) is 4.74 Å². The van der Waals surface area contributed by atoms with Gasteiger partial charge in [0.25, 0.3) is 0 Å². The molecule has 1 aliphatic heterocycles. The van der Waals surface area contributed by atoms with Crippen LogP contribution >= 0.6 is 22.9 Å². The molecule has 1 heterocycles. The van der Waals surface area contributed by atoms with Gasteiger partial charge in [-0.25, -0.2) is 3.11 Å². The second-order valence-electron chi connectivity index (χ2n) is 4.67. The van der Waals surface area contributed by atoms with Gasteiger partial charge in [0.15, 0.2) is 0 Å². The number of esters is 1. The molecule has 0 N–H and O–H groups in total. The molecular weight excluding hydrogens is 293 g/mol. The van der Waals surface area contributed by atoms with Crippen molar-refractivity contribution in [2.45, 2.75) is 51.7 Å². The lowest BCUT2D eigenvalue weighted by Crippen LogP contribution is -2.42. The number of hydrogen-bond acceptors (Lipinski definition) is 3. The van der Waals surface area contributed by atoms with Crippen molar-refractivity contribution in [3.63, 3.8) is 0 Å². The largest absolute Gasteiger partial charge is 0.459 e. The van der Waals surface area contributed by atoms with Gasteiger partial charge in [-0.3, -0.25) is 4.79 Å². The van der Waals surface area contributed by atoms with E-state index in [1.54, 1.807) is 0 Å². The van der Waals surface area contributed by atoms with E-state index >= 15 is 0 Å². The topological polar surface area (TPSA) is 29.5 Å². The van der Waals surface area contributed by atoms with Crippen LogP contribution < -0.4 is 0 Å². The minimum absolute atomic E-state index is 0.0384. The minimum atomic E-state index is -0.369. The molecule has 0 aromatic carbocycles. The third-order valence-electron chi connectivity index (χ3n) is 2.12. The molecule has 0 aromatic rings. The van der Waals surface area contributed by atoms with Crippen LogP contribution in [0.4, 0.5) is 0 Å². The highest BCUT2D eigenvalue weighted by molar-refractivity contribution is 14.1. The Bertz CT molecular complexity index is 213. The maximum Gasteiger partial charge on any atom is 0.324 e. The molecule has 4 heteroatoms. The Morgan fingerprint density at radius 1 is 1.43 bits per heavy atom. The molecule has 14 heavy (non-hydrogen) atoms. The minimum Gasteiger partial charge on any atom is -0.459 e. The summed E-state index contributed by atoms with van der Waals surface area (Å²) in [6, 6.07) is -0.0384. The Morgan fingerprint density at radius 2 is 2.07 bits per heavy atom. The SMILES string of the molecule is CC(C)(C)OC(=O)C1CCCCN1I. The van der Waals surface area contributed by atoms with Crippen LogP contribution in [0.5, 0.6) is 0 Å². The lowest BCUT2D eigenvalue weighted by Gasteiger charge is -2.31. The van der Waals surface area contributed by atoms with Gasteiger partial charge in [0.1, 0.15) is 11.6 Å². The van der Waals surface area contributed by atoms with Crippen molar-refractivity contribution >= 4 is 28.8 Å². The van der Waals surface area contributed by atoms with E-state index in [0.717, 1.165) is 19.4 Å².